The molecule has 7 nitrogen and oxygen atoms in total. The van der Waals surface area contributed by atoms with E-state index in [1.165, 1.54) is 0 Å². The van der Waals surface area contributed by atoms with Crippen LogP contribution in [-0.2, 0) is 19.2 Å². The predicted molar refractivity (Wildman–Crippen MR) is 111 cm³/mol. The molecule has 0 aliphatic heterocycles. The van der Waals surface area contributed by atoms with E-state index in [0.29, 0.717) is 25.8 Å². The molecule has 0 aromatic heterocycles. The molecule has 0 atom stereocenters. The highest BCUT2D eigenvalue weighted by Gasteiger charge is 2.08. The number of rotatable bonds is 16. The van der Waals surface area contributed by atoms with Crippen LogP contribution in [0.15, 0.2) is 0 Å². The second-order valence-electron chi connectivity index (χ2n) is 7.84. The Kier molecular flexibility index (Phi) is 15.0. The third-order valence-electron chi connectivity index (χ3n) is 4.27. The zero-order valence-electron chi connectivity index (χ0n) is 18.1. The Labute approximate surface area is 169 Å². The van der Waals surface area contributed by atoms with Gasteiger partial charge in [-0.25, -0.2) is 0 Å². The van der Waals surface area contributed by atoms with Crippen LogP contribution >= 0.6 is 0 Å². The maximum atomic E-state index is 11.7. The van der Waals surface area contributed by atoms with Gasteiger partial charge < -0.3 is 16.0 Å². The number of hydrogen-bond acceptors (Lipinski definition) is 4. The molecule has 0 unspecified atom stereocenters. The summed E-state index contributed by atoms with van der Waals surface area (Å²) in [5, 5.41) is 8.23. The molecule has 0 fully saturated rings. The van der Waals surface area contributed by atoms with Crippen molar-refractivity contribution in [2.24, 2.45) is 5.92 Å². The predicted octanol–water partition coefficient (Wildman–Crippen LogP) is 2.48. The van der Waals surface area contributed by atoms with Crippen molar-refractivity contribution in [3.8, 4) is 0 Å². The van der Waals surface area contributed by atoms with Gasteiger partial charge in [0.25, 0.3) is 0 Å². The van der Waals surface area contributed by atoms with E-state index in [9.17, 15) is 19.2 Å². The summed E-state index contributed by atoms with van der Waals surface area (Å²) in [6, 6.07) is 0.163. The maximum Gasteiger partial charge on any atom is 0.239 e. The minimum Gasteiger partial charge on any atom is -0.355 e. The standard InChI is InChI=1S/C21H39N3O4/c1-16(2)18(25)11-7-5-8-12-19(26)23-15-21(28)22-14-10-6-9-13-20(27)24-17(3)4/h16-17H,5-15H2,1-4H3,(H,22,28)(H,23,26)(H,24,27). The lowest BCUT2D eigenvalue weighted by molar-refractivity contribution is -0.126. The molecular formula is C21H39N3O4. The third kappa shape index (κ3) is 16.3. The summed E-state index contributed by atoms with van der Waals surface area (Å²) in [6.45, 7) is 8.19. The van der Waals surface area contributed by atoms with E-state index < -0.39 is 0 Å². The summed E-state index contributed by atoms with van der Waals surface area (Å²) in [5.41, 5.74) is 0. The first-order valence-corrected chi connectivity index (χ1v) is 10.6. The molecule has 162 valence electrons. The van der Waals surface area contributed by atoms with Crippen molar-refractivity contribution in [1.29, 1.82) is 0 Å². The largest absolute Gasteiger partial charge is 0.355 e. The monoisotopic (exact) mass is 397 g/mol. The molecule has 0 aliphatic carbocycles. The third-order valence-corrected chi connectivity index (χ3v) is 4.27. The number of unbranched alkanes of at least 4 members (excludes halogenated alkanes) is 4. The van der Waals surface area contributed by atoms with Gasteiger partial charge >= 0.3 is 0 Å². The first-order valence-electron chi connectivity index (χ1n) is 10.6. The number of Topliss-reactive ketones (excluding diaryl/α,β-unsaturated/α-hetero) is 1. The number of amides is 3. The van der Waals surface area contributed by atoms with Gasteiger partial charge in [-0.15, -0.1) is 0 Å². The molecule has 7 heteroatoms. The molecular weight excluding hydrogens is 358 g/mol. The molecule has 3 N–H and O–H groups in total. The van der Waals surface area contributed by atoms with Crippen molar-refractivity contribution in [3.05, 3.63) is 0 Å². The maximum absolute atomic E-state index is 11.7. The highest BCUT2D eigenvalue weighted by atomic mass is 16.2. The first kappa shape index (κ1) is 26.1. The van der Waals surface area contributed by atoms with Gasteiger partial charge in [0, 0.05) is 37.8 Å². The van der Waals surface area contributed by atoms with Gasteiger partial charge in [0.05, 0.1) is 6.54 Å². The Hall–Kier alpha value is -1.92. The lowest BCUT2D eigenvalue weighted by Crippen LogP contribution is -2.37. The Bertz CT molecular complexity index is 490. The van der Waals surface area contributed by atoms with Crippen LogP contribution in [0.3, 0.4) is 0 Å². The lowest BCUT2D eigenvalue weighted by Gasteiger charge is -2.09. The second kappa shape index (κ2) is 16.1. The number of hydrogen-bond donors (Lipinski definition) is 3. The molecule has 0 radical (unpaired) electrons. The first-order chi connectivity index (χ1) is 13.2. The van der Waals surface area contributed by atoms with Crippen LogP contribution < -0.4 is 16.0 Å². The molecule has 0 saturated carbocycles. The fraction of sp³-hybridized carbons (Fsp3) is 0.810. The summed E-state index contributed by atoms with van der Waals surface area (Å²) in [4.78, 5) is 46.4. The molecule has 0 aromatic carbocycles. The molecule has 0 bridgehead atoms. The van der Waals surface area contributed by atoms with Gasteiger partial charge in [-0.05, 0) is 39.5 Å². The molecule has 0 saturated heterocycles. The topological polar surface area (TPSA) is 104 Å². The summed E-state index contributed by atoms with van der Waals surface area (Å²) in [7, 11) is 0. The summed E-state index contributed by atoms with van der Waals surface area (Å²) in [6.07, 6.45) is 6.31. The fourth-order valence-corrected chi connectivity index (χ4v) is 2.59. The van der Waals surface area contributed by atoms with E-state index in [2.05, 4.69) is 16.0 Å². The van der Waals surface area contributed by atoms with Crippen molar-refractivity contribution >= 4 is 23.5 Å². The van der Waals surface area contributed by atoms with Crippen LogP contribution in [0.2, 0.25) is 0 Å². The normalized spacial score (nSPS) is 10.8. The van der Waals surface area contributed by atoms with Crippen molar-refractivity contribution in [1.82, 2.24) is 16.0 Å². The zero-order chi connectivity index (χ0) is 21.4. The highest BCUT2D eigenvalue weighted by molar-refractivity contribution is 5.84. The van der Waals surface area contributed by atoms with E-state index in [-0.39, 0.29) is 42.0 Å². The smallest absolute Gasteiger partial charge is 0.239 e. The van der Waals surface area contributed by atoms with Gasteiger partial charge in [0.1, 0.15) is 5.78 Å². The van der Waals surface area contributed by atoms with Gasteiger partial charge in [0.2, 0.25) is 17.7 Å². The lowest BCUT2D eigenvalue weighted by atomic mass is 10.0. The number of carbonyl (C=O) groups excluding carboxylic acids is 4. The molecule has 0 rings (SSSR count). The fourth-order valence-electron chi connectivity index (χ4n) is 2.59. The van der Waals surface area contributed by atoms with Crippen LogP contribution in [0.25, 0.3) is 0 Å². The average Bonchev–Trinajstić information content (AvgIpc) is 2.61. The van der Waals surface area contributed by atoms with E-state index in [1.54, 1.807) is 0 Å². The molecule has 0 heterocycles. The van der Waals surface area contributed by atoms with Crippen LogP contribution in [0.4, 0.5) is 0 Å². The van der Waals surface area contributed by atoms with Crippen LogP contribution in [0, 0.1) is 5.92 Å². The van der Waals surface area contributed by atoms with E-state index in [0.717, 1.165) is 38.5 Å². The Morgan fingerprint density at radius 1 is 0.643 bits per heavy atom. The Morgan fingerprint density at radius 2 is 1.21 bits per heavy atom. The van der Waals surface area contributed by atoms with E-state index in [4.69, 9.17) is 0 Å². The number of carbonyl (C=O) groups is 4. The average molecular weight is 398 g/mol. The summed E-state index contributed by atoms with van der Waals surface area (Å²) >= 11 is 0. The van der Waals surface area contributed by atoms with Crippen LogP contribution in [-0.4, -0.2) is 42.6 Å². The van der Waals surface area contributed by atoms with Crippen molar-refractivity contribution in [2.45, 2.75) is 91.5 Å². The van der Waals surface area contributed by atoms with Crippen LogP contribution in [0.1, 0.15) is 85.5 Å². The minimum absolute atomic E-state index is 0.0124. The van der Waals surface area contributed by atoms with Gasteiger partial charge in [-0.2, -0.15) is 0 Å². The molecule has 3 amide bonds. The summed E-state index contributed by atoms with van der Waals surface area (Å²) < 4.78 is 0. The minimum atomic E-state index is -0.201. The summed E-state index contributed by atoms with van der Waals surface area (Å²) in [5.74, 6) is 0.0642. The van der Waals surface area contributed by atoms with E-state index in [1.807, 2.05) is 27.7 Å². The van der Waals surface area contributed by atoms with Gasteiger partial charge in [-0.1, -0.05) is 26.7 Å². The quantitative estimate of drug-likeness (QED) is 0.348. The highest BCUT2D eigenvalue weighted by Crippen LogP contribution is 2.07. The molecule has 0 aromatic rings. The Balaban J connectivity index is 3.54. The number of ketones is 1. The molecule has 0 spiro atoms. The van der Waals surface area contributed by atoms with E-state index >= 15 is 0 Å². The van der Waals surface area contributed by atoms with Crippen molar-refractivity contribution in [3.63, 3.8) is 0 Å². The zero-order valence-corrected chi connectivity index (χ0v) is 18.1. The van der Waals surface area contributed by atoms with Crippen LogP contribution in [0.5, 0.6) is 0 Å². The molecule has 28 heavy (non-hydrogen) atoms. The van der Waals surface area contributed by atoms with Crippen molar-refractivity contribution in [2.75, 3.05) is 13.1 Å². The second-order valence-corrected chi connectivity index (χ2v) is 7.84. The SMILES string of the molecule is CC(C)NC(=O)CCCCCNC(=O)CNC(=O)CCCCCC(=O)C(C)C. The number of nitrogens with one attached hydrogen (secondary N) is 3. The Morgan fingerprint density at radius 3 is 1.82 bits per heavy atom. The molecule has 0 aliphatic rings. The van der Waals surface area contributed by atoms with Crippen molar-refractivity contribution < 1.29 is 19.2 Å². The van der Waals surface area contributed by atoms with Gasteiger partial charge in [-0.3, -0.25) is 19.2 Å². The van der Waals surface area contributed by atoms with Gasteiger partial charge in [0.15, 0.2) is 0 Å².